The Morgan fingerprint density at radius 1 is 1.35 bits per heavy atom. The Balaban J connectivity index is 2.00. The van der Waals surface area contributed by atoms with Gasteiger partial charge in [0, 0.05) is 33.6 Å². The number of fused-ring (bicyclic) bond motifs is 1. The van der Waals surface area contributed by atoms with Gasteiger partial charge in [0.1, 0.15) is 11.6 Å². The fraction of sp³-hybridized carbons (Fsp3) is 0.316. The second-order valence-electron chi connectivity index (χ2n) is 7.66. The van der Waals surface area contributed by atoms with Crippen LogP contribution >= 0.6 is 28.1 Å². The minimum atomic E-state index is -0.262. The van der Waals surface area contributed by atoms with Crippen LogP contribution in [0.25, 0.3) is 0 Å². The summed E-state index contributed by atoms with van der Waals surface area (Å²) in [5, 5.41) is 3.35. The normalized spacial score (nSPS) is 21.0. The molecule has 7 heteroatoms. The van der Waals surface area contributed by atoms with Crippen molar-refractivity contribution in [2.45, 2.75) is 32.6 Å². The number of aromatic nitrogens is 2. The van der Waals surface area contributed by atoms with E-state index >= 15 is 0 Å². The molecule has 134 valence electrons. The van der Waals surface area contributed by atoms with E-state index in [1.54, 1.807) is 0 Å². The van der Waals surface area contributed by atoms with Gasteiger partial charge in [-0.2, -0.15) is 0 Å². The molecule has 0 saturated carbocycles. The number of hydrogen-bond donors (Lipinski definition) is 3. The summed E-state index contributed by atoms with van der Waals surface area (Å²) < 4.78 is 1.28. The van der Waals surface area contributed by atoms with E-state index in [9.17, 15) is 4.79 Å². The van der Waals surface area contributed by atoms with Crippen LogP contribution in [0.5, 0.6) is 0 Å². The van der Waals surface area contributed by atoms with Crippen molar-refractivity contribution in [2.24, 2.45) is 5.41 Å². The first-order valence-electron chi connectivity index (χ1n) is 8.43. The molecule has 4 N–H and O–H groups in total. The Bertz CT molecular complexity index is 1020. The second kappa shape index (κ2) is 6.03. The molecular formula is C19H19BrN4OS. The standard InChI is InChI=1S/C19H19BrN4OS/c1-19(2)7-11-14(12(25)8-19)13(9-4-3-5-10(20)6-9)15-16(21)23-18(26)24-17(15)22-11/h3-6,13H,7-8H2,1-2H3,(H4,21,22,23,24,26). The number of H-pyrrole nitrogens is 1. The van der Waals surface area contributed by atoms with Crippen molar-refractivity contribution in [1.29, 1.82) is 0 Å². The highest BCUT2D eigenvalue weighted by molar-refractivity contribution is 9.10. The van der Waals surface area contributed by atoms with E-state index in [4.69, 9.17) is 18.0 Å². The first-order valence-corrected chi connectivity index (χ1v) is 9.64. The molecule has 0 fully saturated rings. The van der Waals surface area contributed by atoms with Crippen molar-refractivity contribution in [3.05, 3.63) is 55.9 Å². The molecule has 1 aliphatic carbocycles. The molecule has 0 radical (unpaired) electrons. The molecule has 1 aromatic carbocycles. The highest BCUT2D eigenvalue weighted by atomic mass is 79.9. The van der Waals surface area contributed by atoms with Crippen LogP contribution < -0.4 is 11.1 Å². The van der Waals surface area contributed by atoms with Crippen molar-refractivity contribution >= 4 is 45.6 Å². The molecule has 2 aliphatic rings. The number of carbonyl (C=O) groups excluding carboxylic acids is 1. The van der Waals surface area contributed by atoms with Crippen LogP contribution in [0.1, 0.15) is 43.7 Å². The quantitative estimate of drug-likeness (QED) is 0.571. The SMILES string of the molecule is CC1(C)CC(=O)C2=C(C1)Nc1nc(=S)[nH]c(N)c1C2c1cccc(Br)c1. The number of Topliss-reactive ketones (excluding diaryl/α,β-unsaturated/α-hetero) is 1. The summed E-state index contributed by atoms with van der Waals surface area (Å²) in [7, 11) is 0. The number of allylic oxidation sites excluding steroid dienone is 2. The molecule has 1 atom stereocenters. The number of anilines is 2. The van der Waals surface area contributed by atoms with Gasteiger partial charge in [0.2, 0.25) is 0 Å². The van der Waals surface area contributed by atoms with Gasteiger partial charge in [-0.3, -0.25) is 4.79 Å². The molecule has 1 aliphatic heterocycles. The molecule has 0 amide bonds. The van der Waals surface area contributed by atoms with Gasteiger partial charge in [-0.05, 0) is 41.7 Å². The molecule has 0 bridgehead atoms. The maximum atomic E-state index is 13.1. The van der Waals surface area contributed by atoms with Crippen LogP contribution in [0.4, 0.5) is 11.6 Å². The van der Waals surface area contributed by atoms with E-state index in [1.165, 1.54) is 0 Å². The Morgan fingerprint density at radius 3 is 2.85 bits per heavy atom. The number of aromatic amines is 1. The lowest BCUT2D eigenvalue weighted by Crippen LogP contribution is -2.34. The van der Waals surface area contributed by atoms with Crippen molar-refractivity contribution in [1.82, 2.24) is 9.97 Å². The predicted molar refractivity (Wildman–Crippen MR) is 108 cm³/mol. The molecule has 5 nitrogen and oxygen atoms in total. The van der Waals surface area contributed by atoms with Crippen LogP contribution in [-0.2, 0) is 4.79 Å². The van der Waals surface area contributed by atoms with Gasteiger partial charge >= 0.3 is 0 Å². The number of hydrogen-bond acceptors (Lipinski definition) is 5. The molecule has 26 heavy (non-hydrogen) atoms. The Hall–Kier alpha value is -1.99. The van der Waals surface area contributed by atoms with Gasteiger partial charge in [0.05, 0.1) is 0 Å². The largest absolute Gasteiger partial charge is 0.385 e. The number of ketones is 1. The molecule has 4 rings (SSSR count). The first-order chi connectivity index (χ1) is 12.2. The van der Waals surface area contributed by atoms with Crippen LogP contribution in [0.3, 0.4) is 0 Å². The zero-order valence-corrected chi connectivity index (χ0v) is 16.9. The summed E-state index contributed by atoms with van der Waals surface area (Å²) in [6, 6.07) is 7.97. The van der Waals surface area contributed by atoms with Crippen LogP contribution in [0.2, 0.25) is 0 Å². The number of nitrogens with zero attached hydrogens (tertiary/aromatic N) is 1. The topological polar surface area (TPSA) is 83.8 Å². The Morgan fingerprint density at radius 2 is 2.12 bits per heavy atom. The third-order valence-corrected chi connectivity index (χ3v) is 5.64. The van der Waals surface area contributed by atoms with Gasteiger partial charge < -0.3 is 16.0 Å². The van der Waals surface area contributed by atoms with Crippen LogP contribution in [0, 0.1) is 10.2 Å². The van der Waals surface area contributed by atoms with E-state index in [0.29, 0.717) is 22.8 Å². The fourth-order valence-electron chi connectivity index (χ4n) is 3.98. The third kappa shape index (κ3) is 2.89. The van der Waals surface area contributed by atoms with Gasteiger partial charge in [0.25, 0.3) is 0 Å². The number of benzene rings is 1. The third-order valence-electron chi connectivity index (χ3n) is 4.95. The summed E-state index contributed by atoms with van der Waals surface area (Å²) >= 11 is 8.73. The Kier molecular flexibility index (Phi) is 4.04. The number of rotatable bonds is 1. The summed E-state index contributed by atoms with van der Waals surface area (Å²) in [5.41, 5.74) is 9.68. The van der Waals surface area contributed by atoms with E-state index in [1.807, 2.05) is 24.3 Å². The maximum Gasteiger partial charge on any atom is 0.200 e. The smallest absolute Gasteiger partial charge is 0.200 e. The minimum absolute atomic E-state index is 0.0918. The first kappa shape index (κ1) is 17.4. The van der Waals surface area contributed by atoms with Gasteiger partial charge in [-0.15, -0.1) is 0 Å². The average molecular weight is 431 g/mol. The summed E-state index contributed by atoms with van der Waals surface area (Å²) in [5.74, 6) is 0.977. The predicted octanol–water partition coefficient (Wildman–Crippen LogP) is 4.68. The Labute approximate surface area is 165 Å². The number of halogens is 1. The molecule has 1 unspecified atom stereocenters. The van der Waals surface area contributed by atoms with Crippen molar-refractivity contribution in [3.8, 4) is 0 Å². The number of nitrogen functional groups attached to an aromatic ring is 1. The second-order valence-corrected chi connectivity index (χ2v) is 8.97. The molecule has 0 spiro atoms. The van der Waals surface area contributed by atoms with E-state index < -0.39 is 0 Å². The van der Waals surface area contributed by atoms with Crippen LogP contribution in [-0.4, -0.2) is 15.8 Å². The van der Waals surface area contributed by atoms with Gasteiger partial charge in [-0.1, -0.05) is 41.9 Å². The van der Waals surface area contributed by atoms with Crippen LogP contribution in [0.15, 0.2) is 40.0 Å². The molecule has 1 aromatic heterocycles. The van der Waals surface area contributed by atoms with Crippen molar-refractivity contribution < 1.29 is 4.79 Å². The zero-order chi connectivity index (χ0) is 18.6. The number of nitrogens with one attached hydrogen (secondary N) is 2. The zero-order valence-electron chi connectivity index (χ0n) is 14.5. The summed E-state index contributed by atoms with van der Waals surface area (Å²) in [6.07, 6.45) is 1.30. The van der Waals surface area contributed by atoms with E-state index in [-0.39, 0.29) is 17.1 Å². The summed E-state index contributed by atoms with van der Waals surface area (Å²) in [4.78, 5) is 20.5. The molecule has 2 heterocycles. The number of nitrogens with two attached hydrogens (primary N) is 1. The highest BCUT2D eigenvalue weighted by Crippen LogP contribution is 2.49. The highest BCUT2D eigenvalue weighted by Gasteiger charge is 2.42. The van der Waals surface area contributed by atoms with E-state index in [2.05, 4.69) is 45.1 Å². The van der Waals surface area contributed by atoms with Crippen molar-refractivity contribution in [3.63, 3.8) is 0 Å². The maximum absolute atomic E-state index is 13.1. The minimum Gasteiger partial charge on any atom is -0.385 e. The average Bonchev–Trinajstić information content (AvgIpc) is 2.51. The number of carbonyl (C=O) groups is 1. The fourth-order valence-corrected chi connectivity index (χ4v) is 4.59. The molecular weight excluding hydrogens is 412 g/mol. The van der Waals surface area contributed by atoms with Gasteiger partial charge in [-0.25, -0.2) is 4.98 Å². The van der Waals surface area contributed by atoms with E-state index in [0.717, 1.165) is 33.3 Å². The lowest BCUT2D eigenvalue weighted by atomic mass is 9.69. The molecule has 2 aromatic rings. The van der Waals surface area contributed by atoms with Crippen molar-refractivity contribution in [2.75, 3.05) is 11.1 Å². The lowest BCUT2D eigenvalue weighted by Gasteiger charge is -2.39. The monoisotopic (exact) mass is 430 g/mol. The lowest BCUT2D eigenvalue weighted by molar-refractivity contribution is -0.118. The van der Waals surface area contributed by atoms with Gasteiger partial charge in [0.15, 0.2) is 10.6 Å². The summed E-state index contributed by atoms with van der Waals surface area (Å²) in [6.45, 7) is 4.22. The molecule has 0 saturated heterocycles.